The molecule has 0 aromatic heterocycles. The Balaban J connectivity index is 1.62. The molecule has 0 aliphatic heterocycles. The van der Waals surface area contributed by atoms with Gasteiger partial charge in [-0.3, -0.25) is 0 Å². The summed E-state index contributed by atoms with van der Waals surface area (Å²) >= 11 is 6.24. The van der Waals surface area contributed by atoms with Crippen LogP contribution in [0.3, 0.4) is 0 Å². The molecule has 3 heteroatoms. The summed E-state index contributed by atoms with van der Waals surface area (Å²) in [4.78, 5) is 0. The van der Waals surface area contributed by atoms with Gasteiger partial charge in [0.1, 0.15) is 5.75 Å². The topological polar surface area (TPSA) is 21.3 Å². The third-order valence-electron chi connectivity index (χ3n) is 4.11. The first-order chi connectivity index (χ1) is 9.28. The Labute approximate surface area is 119 Å². The zero-order valence-electron chi connectivity index (χ0n) is 11.2. The predicted molar refractivity (Wildman–Crippen MR) is 80.0 cm³/mol. The van der Waals surface area contributed by atoms with Crippen molar-refractivity contribution < 1.29 is 4.74 Å². The molecule has 2 aliphatic carbocycles. The first-order valence-corrected chi connectivity index (χ1v) is 7.51. The van der Waals surface area contributed by atoms with Crippen LogP contribution in [0.15, 0.2) is 30.4 Å². The van der Waals surface area contributed by atoms with Crippen LogP contribution < -0.4 is 10.1 Å². The van der Waals surface area contributed by atoms with Crippen LogP contribution in [0.2, 0.25) is 5.02 Å². The molecular formula is C16H20ClNO. The van der Waals surface area contributed by atoms with Gasteiger partial charge >= 0.3 is 0 Å². The highest BCUT2D eigenvalue weighted by Gasteiger charge is 2.40. The number of ether oxygens (including phenoxy) is 1. The minimum absolute atomic E-state index is 0.572. The van der Waals surface area contributed by atoms with Crippen molar-refractivity contribution in [2.24, 2.45) is 11.8 Å². The van der Waals surface area contributed by atoms with Gasteiger partial charge in [-0.2, -0.15) is 0 Å². The highest BCUT2D eigenvalue weighted by atomic mass is 35.5. The van der Waals surface area contributed by atoms with Crippen molar-refractivity contribution in [1.82, 2.24) is 0 Å². The summed E-state index contributed by atoms with van der Waals surface area (Å²) < 4.78 is 5.58. The van der Waals surface area contributed by atoms with Crippen molar-refractivity contribution in [3.05, 3.63) is 35.4 Å². The fraction of sp³-hybridized carbons (Fsp3) is 0.500. The number of anilines is 1. The third-order valence-corrected chi connectivity index (χ3v) is 4.40. The number of rotatable bonds is 5. The number of nitrogens with one attached hydrogen (secondary N) is 1. The SMILES string of the molecule is CCCOc1ccc(NC2CC3CC=CC32)cc1Cl. The van der Waals surface area contributed by atoms with Crippen LogP contribution in [0.1, 0.15) is 26.2 Å². The van der Waals surface area contributed by atoms with Crippen LogP contribution in [0.25, 0.3) is 0 Å². The van der Waals surface area contributed by atoms with E-state index in [1.165, 1.54) is 12.8 Å². The Morgan fingerprint density at radius 3 is 3.05 bits per heavy atom. The Morgan fingerprint density at radius 1 is 1.42 bits per heavy atom. The molecule has 1 fully saturated rings. The van der Waals surface area contributed by atoms with E-state index in [4.69, 9.17) is 16.3 Å². The molecular weight excluding hydrogens is 258 g/mol. The number of benzene rings is 1. The van der Waals surface area contributed by atoms with Gasteiger partial charge in [0.15, 0.2) is 0 Å². The van der Waals surface area contributed by atoms with Gasteiger partial charge in [0.2, 0.25) is 0 Å². The average molecular weight is 278 g/mol. The molecule has 2 aliphatic rings. The second kappa shape index (κ2) is 5.46. The molecule has 3 unspecified atom stereocenters. The lowest BCUT2D eigenvalue weighted by molar-refractivity contribution is 0.218. The van der Waals surface area contributed by atoms with Crippen molar-refractivity contribution in [3.63, 3.8) is 0 Å². The molecule has 0 bridgehead atoms. The van der Waals surface area contributed by atoms with Gasteiger partial charge in [0, 0.05) is 17.6 Å². The van der Waals surface area contributed by atoms with E-state index in [-0.39, 0.29) is 0 Å². The fourth-order valence-electron chi connectivity index (χ4n) is 3.02. The van der Waals surface area contributed by atoms with E-state index in [1.54, 1.807) is 0 Å². The molecule has 2 nitrogen and oxygen atoms in total. The summed E-state index contributed by atoms with van der Waals surface area (Å²) in [5.74, 6) is 2.37. The second-order valence-corrected chi connectivity index (χ2v) is 5.89. The Morgan fingerprint density at radius 2 is 2.32 bits per heavy atom. The molecule has 1 saturated carbocycles. The monoisotopic (exact) mass is 277 g/mol. The number of allylic oxidation sites excluding steroid dienone is 1. The predicted octanol–water partition coefficient (Wildman–Crippen LogP) is 4.51. The Bertz CT molecular complexity index is 486. The normalized spacial score (nSPS) is 27.8. The van der Waals surface area contributed by atoms with Crippen LogP contribution in [-0.2, 0) is 0 Å². The quantitative estimate of drug-likeness (QED) is 0.800. The highest BCUT2D eigenvalue weighted by Crippen LogP contribution is 2.44. The van der Waals surface area contributed by atoms with E-state index in [9.17, 15) is 0 Å². The summed E-state index contributed by atoms with van der Waals surface area (Å²) in [6.07, 6.45) is 8.18. The lowest BCUT2D eigenvalue weighted by Crippen LogP contribution is -2.43. The van der Waals surface area contributed by atoms with Crippen LogP contribution in [0, 0.1) is 11.8 Å². The van der Waals surface area contributed by atoms with E-state index in [2.05, 4.69) is 30.5 Å². The highest BCUT2D eigenvalue weighted by molar-refractivity contribution is 6.32. The molecule has 102 valence electrons. The molecule has 0 saturated heterocycles. The molecule has 19 heavy (non-hydrogen) atoms. The molecule has 1 aromatic rings. The molecule has 1 aromatic carbocycles. The minimum Gasteiger partial charge on any atom is -0.492 e. The third kappa shape index (κ3) is 2.59. The standard InChI is InChI=1S/C16H20ClNO/c1-2-8-19-16-7-6-12(10-14(16)17)18-15-9-11-4-3-5-13(11)15/h3,5-7,10-11,13,15,18H,2,4,8-9H2,1H3. The molecule has 3 rings (SSSR count). The zero-order valence-corrected chi connectivity index (χ0v) is 12.0. The summed E-state index contributed by atoms with van der Waals surface area (Å²) in [7, 11) is 0. The van der Waals surface area contributed by atoms with Crippen LogP contribution in [-0.4, -0.2) is 12.6 Å². The van der Waals surface area contributed by atoms with E-state index in [0.29, 0.717) is 17.7 Å². The van der Waals surface area contributed by atoms with Gasteiger partial charge in [-0.25, -0.2) is 0 Å². The lowest BCUT2D eigenvalue weighted by Gasteiger charge is -2.41. The maximum atomic E-state index is 6.24. The minimum atomic E-state index is 0.572. The first-order valence-electron chi connectivity index (χ1n) is 7.13. The van der Waals surface area contributed by atoms with Crippen molar-refractivity contribution >= 4 is 17.3 Å². The molecule has 0 amide bonds. The van der Waals surface area contributed by atoms with Crippen LogP contribution in [0.5, 0.6) is 5.75 Å². The van der Waals surface area contributed by atoms with Gasteiger partial charge in [-0.05, 0) is 43.4 Å². The largest absolute Gasteiger partial charge is 0.492 e. The maximum absolute atomic E-state index is 6.24. The molecule has 1 N–H and O–H groups in total. The van der Waals surface area contributed by atoms with Gasteiger partial charge < -0.3 is 10.1 Å². The van der Waals surface area contributed by atoms with Gasteiger partial charge in [0.05, 0.1) is 11.6 Å². The summed E-state index contributed by atoms with van der Waals surface area (Å²) in [6.45, 7) is 2.80. The summed E-state index contributed by atoms with van der Waals surface area (Å²) in [5.41, 5.74) is 1.09. The van der Waals surface area contributed by atoms with Crippen molar-refractivity contribution in [2.75, 3.05) is 11.9 Å². The maximum Gasteiger partial charge on any atom is 0.138 e. The van der Waals surface area contributed by atoms with E-state index >= 15 is 0 Å². The van der Waals surface area contributed by atoms with E-state index in [1.807, 2.05) is 12.1 Å². The van der Waals surface area contributed by atoms with Crippen molar-refractivity contribution in [1.29, 1.82) is 0 Å². The molecule has 0 spiro atoms. The molecule has 3 atom stereocenters. The number of halogens is 1. The first kappa shape index (κ1) is 12.9. The van der Waals surface area contributed by atoms with E-state index < -0.39 is 0 Å². The molecule has 0 radical (unpaired) electrons. The second-order valence-electron chi connectivity index (χ2n) is 5.48. The van der Waals surface area contributed by atoms with E-state index in [0.717, 1.165) is 29.7 Å². The lowest BCUT2D eigenvalue weighted by atomic mass is 9.71. The Kier molecular flexibility index (Phi) is 3.69. The molecule has 0 heterocycles. The number of hydrogen-bond donors (Lipinski definition) is 1. The number of fused-ring (bicyclic) bond motifs is 1. The van der Waals surface area contributed by atoms with Gasteiger partial charge in [-0.1, -0.05) is 30.7 Å². The summed E-state index contributed by atoms with van der Waals surface area (Å²) in [5, 5.41) is 4.27. The zero-order chi connectivity index (χ0) is 13.2. The van der Waals surface area contributed by atoms with Crippen LogP contribution in [0.4, 0.5) is 5.69 Å². The average Bonchev–Trinajstić information content (AvgIpc) is 2.76. The Hall–Kier alpha value is -1.15. The fourth-order valence-corrected chi connectivity index (χ4v) is 3.25. The van der Waals surface area contributed by atoms with Crippen LogP contribution >= 0.6 is 11.6 Å². The summed E-state index contributed by atoms with van der Waals surface area (Å²) in [6, 6.07) is 6.56. The van der Waals surface area contributed by atoms with Gasteiger partial charge in [-0.15, -0.1) is 0 Å². The number of hydrogen-bond acceptors (Lipinski definition) is 2. The van der Waals surface area contributed by atoms with Crippen molar-refractivity contribution in [2.45, 2.75) is 32.2 Å². The van der Waals surface area contributed by atoms with Gasteiger partial charge in [0.25, 0.3) is 0 Å². The smallest absolute Gasteiger partial charge is 0.138 e. The van der Waals surface area contributed by atoms with Crippen molar-refractivity contribution in [3.8, 4) is 5.75 Å².